The lowest BCUT2D eigenvalue weighted by atomic mass is 9.98. The molecule has 3 heterocycles. The van der Waals surface area contributed by atoms with Crippen LogP contribution < -0.4 is 15.4 Å². The number of likely N-dealkylation sites (N-methyl/N-ethyl adjacent to an activating group) is 1. The Morgan fingerprint density at radius 2 is 2.02 bits per heavy atom. The van der Waals surface area contributed by atoms with Crippen LogP contribution in [0, 0.1) is 35.0 Å². The van der Waals surface area contributed by atoms with Crippen LogP contribution in [0.1, 0.15) is 37.8 Å². The molecule has 1 aromatic carbocycles. The van der Waals surface area contributed by atoms with E-state index in [0.29, 0.717) is 41.9 Å². The second-order valence-electron chi connectivity index (χ2n) is 12.0. The fraction of sp³-hybridized carbons (Fsp3) is 0.343. The summed E-state index contributed by atoms with van der Waals surface area (Å²) in [5, 5.41) is 18.9. The molecule has 13 heteroatoms. The van der Waals surface area contributed by atoms with Crippen molar-refractivity contribution < 1.29 is 28.7 Å². The van der Waals surface area contributed by atoms with Crippen molar-refractivity contribution in [2.24, 2.45) is 11.8 Å². The first-order valence-electron chi connectivity index (χ1n) is 15.4. The Balaban J connectivity index is 1.21. The number of carbonyl (C=O) groups is 5. The SMILES string of the molecule is CNC(=O)C(CCC=O)N1C(=O)C2=CC(N3CC(C#Cc4cnn(C(C)(C)C(=O)Nc5ccc(C#N)c(OC)c5)c4)C3)=CC=CC2C1=O. The van der Waals surface area contributed by atoms with Gasteiger partial charge in [0.1, 0.15) is 29.7 Å². The summed E-state index contributed by atoms with van der Waals surface area (Å²) in [6.07, 6.45) is 11.0. The van der Waals surface area contributed by atoms with Crippen LogP contribution in [0.15, 0.2) is 66.2 Å². The number of hydrogen-bond donors (Lipinski definition) is 2. The van der Waals surface area contributed by atoms with E-state index in [1.807, 2.05) is 12.1 Å². The predicted molar refractivity (Wildman–Crippen MR) is 174 cm³/mol. The third-order valence-electron chi connectivity index (χ3n) is 8.56. The molecule has 2 saturated heterocycles. The van der Waals surface area contributed by atoms with E-state index in [1.54, 1.807) is 67.4 Å². The molecule has 1 aromatic heterocycles. The van der Waals surface area contributed by atoms with Crippen molar-refractivity contribution in [2.45, 2.75) is 38.3 Å². The van der Waals surface area contributed by atoms with Crippen LogP contribution in [0.4, 0.5) is 5.69 Å². The Labute approximate surface area is 277 Å². The number of hydrogen-bond acceptors (Lipinski definition) is 9. The fourth-order valence-electron chi connectivity index (χ4n) is 5.64. The number of fused-ring (bicyclic) bond motifs is 1. The summed E-state index contributed by atoms with van der Waals surface area (Å²) in [5.41, 5.74) is 1.48. The van der Waals surface area contributed by atoms with Crippen molar-refractivity contribution >= 4 is 35.6 Å². The molecule has 0 saturated carbocycles. The minimum absolute atomic E-state index is 0.0386. The molecule has 1 aliphatic carbocycles. The van der Waals surface area contributed by atoms with Crippen molar-refractivity contribution in [3.63, 3.8) is 0 Å². The van der Waals surface area contributed by atoms with E-state index < -0.39 is 35.2 Å². The average molecular weight is 650 g/mol. The van der Waals surface area contributed by atoms with E-state index in [4.69, 9.17) is 4.74 Å². The first-order valence-corrected chi connectivity index (χ1v) is 15.4. The topological polar surface area (TPSA) is 167 Å². The minimum Gasteiger partial charge on any atom is -0.495 e. The average Bonchev–Trinajstić information content (AvgIpc) is 3.54. The van der Waals surface area contributed by atoms with Crippen molar-refractivity contribution in [1.82, 2.24) is 24.9 Å². The predicted octanol–water partition coefficient (Wildman–Crippen LogP) is 1.88. The Morgan fingerprint density at radius 1 is 1.25 bits per heavy atom. The number of amides is 4. The summed E-state index contributed by atoms with van der Waals surface area (Å²) in [6.45, 7) is 4.67. The van der Waals surface area contributed by atoms with Gasteiger partial charge in [-0.15, -0.1) is 0 Å². The number of anilines is 1. The highest BCUT2D eigenvalue weighted by molar-refractivity contribution is 6.18. The zero-order chi connectivity index (χ0) is 34.6. The quantitative estimate of drug-likeness (QED) is 0.222. The number of allylic oxidation sites excluding steroid dienone is 3. The highest BCUT2D eigenvalue weighted by Crippen LogP contribution is 2.34. The summed E-state index contributed by atoms with van der Waals surface area (Å²) in [4.78, 5) is 66.3. The van der Waals surface area contributed by atoms with Crippen LogP contribution in [-0.4, -0.2) is 82.8 Å². The first-order chi connectivity index (χ1) is 23.0. The maximum Gasteiger partial charge on any atom is 0.258 e. The molecule has 2 aromatic rings. The summed E-state index contributed by atoms with van der Waals surface area (Å²) in [7, 11) is 2.88. The van der Waals surface area contributed by atoms with E-state index in [2.05, 4.69) is 32.5 Å². The van der Waals surface area contributed by atoms with Gasteiger partial charge in [0, 0.05) is 55.8 Å². The van der Waals surface area contributed by atoms with Gasteiger partial charge in [-0.3, -0.25) is 28.8 Å². The molecular formula is C35H35N7O6. The number of carbonyl (C=O) groups excluding carboxylic acids is 5. The molecule has 48 heavy (non-hydrogen) atoms. The summed E-state index contributed by atoms with van der Waals surface area (Å²) in [5.74, 6) is 4.14. The Hall–Kier alpha value is -5.95. The van der Waals surface area contributed by atoms with Crippen molar-refractivity contribution in [3.05, 3.63) is 77.3 Å². The molecule has 0 radical (unpaired) electrons. The van der Waals surface area contributed by atoms with Gasteiger partial charge in [-0.25, -0.2) is 0 Å². The number of nitrogens with one attached hydrogen (secondary N) is 2. The number of rotatable bonds is 10. The number of nitrogens with zero attached hydrogens (tertiary/aromatic N) is 5. The van der Waals surface area contributed by atoms with E-state index in [9.17, 15) is 29.2 Å². The molecule has 0 spiro atoms. The molecule has 5 rings (SSSR count). The van der Waals surface area contributed by atoms with Gasteiger partial charge in [0.05, 0.1) is 36.3 Å². The maximum atomic E-state index is 13.4. The molecule has 4 amide bonds. The van der Waals surface area contributed by atoms with E-state index >= 15 is 0 Å². The van der Waals surface area contributed by atoms with Crippen LogP contribution >= 0.6 is 0 Å². The molecule has 2 aliphatic heterocycles. The van der Waals surface area contributed by atoms with Crippen molar-refractivity contribution in [2.75, 3.05) is 32.6 Å². The molecule has 2 N–H and O–H groups in total. The number of imide groups is 1. The number of likely N-dealkylation sites (tertiary alicyclic amines) is 2. The third kappa shape index (κ3) is 6.48. The van der Waals surface area contributed by atoms with E-state index in [0.717, 1.165) is 10.6 Å². The molecular weight excluding hydrogens is 614 g/mol. The van der Waals surface area contributed by atoms with Gasteiger partial charge in [-0.2, -0.15) is 10.4 Å². The van der Waals surface area contributed by atoms with Gasteiger partial charge < -0.3 is 25.1 Å². The van der Waals surface area contributed by atoms with Crippen LogP contribution in [0.25, 0.3) is 0 Å². The highest BCUT2D eigenvalue weighted by atomic mass is 16.5. The lowest BCUT2D eigenvalue weighted by Crippen LogP contribution is -2.49. The highest BCUT2D eigenvalue weighted by Gasteiger charge is 2.47. The van der Waals surface area contributed by atoms with Gasteiger partial charge in [0.25, 0.3) is 11.8 Å². The van der Waals surface area contributed by atoms with Gasteiger partial charge in [0.2, 0.25) is 11.8 Å². The van der Waals surface area contributed by atoms with Gasteiger partial charge in [0.15, 0.2) is 0 Å². The number of benzene rings is 1. The number of nitriles is 1. The van der Waals surface area contributed by atoms with Crippen molar-refractivity contribution in [3.8, 4) is 23.7 Å². The molecule has 2 atom stereocenters. The monoisotopic (exact) mass is 649 g/mol. The molecule has 13 nitrogen and oxygen atoms in total. The van der Waals surface area contributed by atoms with Crippen LogP contribution in [-0.2, 0) is 29.5 Å². The summed E-state index contributed by atoms with van der Waals surface area (Å²) < 4.78 is 6.77. The normalized spacial score (nSPS) is 17.9. The largest absolute Gasteiger partial charge is 0.495 e. The molecule has 0 bridgehead atoms. The number of aromatic nitrogens is 2. The lowest BCUT2D eigenvalue weighted by Gasteiger charge is -2.39. The van der Waals surface area contributed by atoms with Gasteiger partial charge in [-0.1, -0.05) is 24.0 Å². The van der Waals surface area contributed by atoms with E-state index in [-0.39, 0.29) is 30.2 Å². The Bertz CT molecular complexity index is 1860. The van der Waals surface area contributed by atoms with Crippen LogP contribution in [0.3, 0.4) is 0 Å². The number of aldehydes is 1. The number of methoxy groups -OCH3 is 1. The molecule has 246 valence electrons. The number of ether oxygens (including phenoxy) is 1. The molecule has 3 aliphatic rings. The van der Waals surface area contributed by atoms with Crippen molar-refractivity contribution in [1.29, 1.82) is 5.26 Å². The zero-order valence-corrected chi connectivity index (χ0v) is 27.0. The van der Waals surface area contributed by atoms with E-state index in [1.165, 1.54) is 14.2 Å². The molecule has 2 fully saturated rings. The third-order valence-corrected chi connectivity index (χ3v) is 8.56. The fourth-order valence-corrected chi connectivity index (χ4v) is 5.64. The minimum atomic E-state index is -1.06. The maximum absolute atomic E-state index is 13.4. The van der Waals surface area contributed by atoms with Crippen LogP contribution in [0.2, 0.25) is 0 Å². The molecule has 2 unspecified atom stereocenters. The second-order valence-corrected chi connectivity index (χ2v) is 12.0. The smallest absolute Gasteiger partial charge is 0.258 e. The second kappa shape index (κ2) is 13.8. The first kappa shape index (κ1) is 33.4. The lowest BCUT2D eigenvalue weighted by molar-refractivity contribution is -0.147. The Kier molecular flexibility index (Phi) is 9.61. The standard InChI is InChI=1S/C35H35N7O6/c1-35(2,34(47)39-25-13-12-24(17-36)30(15-25)48-4)41-21-22(18-38-41)10-11-23-19-40(20-23)26-7-5-8-27-28(16-26)33(46)42(32(27)45)29(9-6-14-43)31(44)37-3/h5,7-8,12-16,18,21,23,27,29H,6,9,19-20H2,1-4H3,(H,37,44)(H,39,47). The van der Waals surface area contributed by atoms with Gasteiger partial charge >= 0.3 is 0 Å². The summed E-state index contributed by atoms with van der Waals surface area (Å²) >= 11 is 0. The Morgan fingerprint density at radius 3 is 2.71 bits per heavy atom. The van der Waals surface area contributed by atoms with Gasteiger partial charge in [-0.05, 0) is 44.6 Å². The summed E-state index contributed by atoms with van der Waals surface area (Å²) in [6, 6.07) is 5.78. The van der Waals surface area contributed by atoms with Crippen LogP contribution in [0.5, 0.6) is 5.75 Å². The zero-order valence-electron chi connectivity index (χ0n) is 27.0.